The molecule has 0 bridgehead atoms. The first-order valence-corrected chi connectivity index (χ1v) is 8.76. The van der Waals surface area contributed by atoms with E-state index in [9.17, 15) is 8.42 Å². The fraction of sp³-hybridized carbons (Fsp3) is 1.00. The number of rotatable bonds is 3. The zero-order chi connectivity index (χ0) is 12.3. The second-order valence-electron chi connectivity index (χ2n) is 4.52. The van der Waals surface area contributed by atoms with Crippen LogP contribution in [0.5, 0.6) is 0 Å². The molecule has 0 saturated carbocycles. The third-order valence-corrected chi connectivity index (χ3v) is 6.47. The van der Waals surface area contributed by atoms with Crippen molar-refractivity contribution in [3.8, 4) is 0 Å². The minimum atomic E-state index is -3.27. The van der Waals surface area contributed by atoms with Crippen LogP contribution >= 0.6 is 11.8 Å². The number of hydrogen-bond acceptors (Lipinski definition) is 4. The molecule has 2 saturated heterocycles. The lowest BCUT2D eigenvalue weighted by atomic mass is 10.1. The lowest BCUT2D eigenvalue weighted by Crippen LogP contribution is -2.54. The van der Waals surface area contributed by atoms with Gasteiger partial charge in [0, 0.05) is 43.7 Å². The van der Waals surface area contributed by atoms with Gasteiger partial charge in [0.2, 0.25) is 0 Å². The van der Waals surface area contributed by atoms with Crippen LogP contribution in [0.2, 0.25) is 0 Å². The molecule has 5 nitrogen and oxygen atoms in total. The molecule has 2 aliphatic heterocycles. The van der Waals surface area contributed by atoms with E-state index in [-0.39, 0.29) is 6.04 Å². The van der Waals surface area contributed by atoms with Gasteiger partial charge < -0.3 is 5.73 Å². The molecule has 7 heteroatoms. The number of thioether (sulfide) groups is 1. The van der Waals surface area contributed by atoms with Crippen molar-refractivity contribution in [2.45, 2.75) is 25.3 Å². The van der Waals surface area contributed by atoms with E-state index in [1.54, 1.807) is 8.61 Å². The van der Waals surface area contributed by atoms with E-state index < -0.39 is 10.2 Å². The summed E-state index contributed by atoms with van der Waals surface area (Å²) in [4.78, 5) is 0. The zero-order valence-corrected chi connectivity index (χ0v) is 11.7. The van der Waals surface area contributed by atoms with Crippen LogP contribution < -0.4 is 5.73 Å². The van der Waals surface area contributed by atoms with Crippen LogP contribution in [0, 0.1) is 0 Å². The molecule has 0 spiro atoms. The lowest BCUT2D eigenvalue weighted by molar-refractivity contribution is 0.238. The van der Waals surface area contributed by atoms with Gasteiger partial charge in [0.1, 0.15) is 0 Å². The highest BCUT2D eigenvalue weighted by molar-refractivity contribution is 7.99. The van der Waals surface area contributed by atoms with Gasteiger partial charge in [-0.05, 0) is 12.8 Å². The Morgan fingerprint density at radius 2 is 1.88 bits per heavy atom. The van der Waals surface area contributed by atoms with E-state index in [4.69, 9.17) is 5.73 Å². The van der Waals surface area contributed by atoms with Crippen LogP contribution in [0.15, 0.2) is 0 Å². The molecule has 2 N–H and O–H groups in total. The fourth-order valence-electron chi connectivity index (χ4n) is 2.44. The molecule has 1 atom stereocenters. The van der Waals surface area contributed by atoms with Gasteiger partial charge in [-0.25, -0.2) is 0 Å². The SMILES string of the molecule is NCC1CCCCN1S(=O)(=O)N1CCSCC1. The second-order valence-corrected chi connectivity index (χ2v) is 7.62. The fourth-order valence-corrected chi connectivity index (χ4v) is 5.44. The van der Waals surface area contributed by atoms with Crippen LogP contribution in [-0.2, 0) is 10.2 Å². The molecule has 0 aromatic heterocycles. The van der Waals surface area contributed by atoms with Crippen LogP contribution in [0.1, 0.15) is 19.3 Å². The summed E-state index contributed by atoms with van der Waals surface area (Å²) in [6.45, 7) is 2.34. The maximum Gasteiger partial charge on any atom is 0.282 e. The monoisotopic (exact) mass is 279 g/mol. The number of piperidine rings is 1. The highest BCUT2D eigenvalue weighted by Gasteiger charge is 2.36. The Morgan fingerprint density at radius 1 is 1.18 bits per heavy atom. The van der Waals surface area contributed by atoms with Gasteiger partial charge in [0.05, 0.1) is 0 Å². The second kappa shape index (κ2) is 5.88. The van der Waals surface area contributed by atoms with Crippen LogP contribution in [0.4, 0.5) is 0 Å². The summed E-state index contributed by atoms with van der Waals surface area (Å²) >= 11 is 1.82. The lowest BCUT2D eigenvalue weighted by Gasteiger charge is -2.38. The minimum Gasteiger partial charge on any atom is -0.329 e. The van der Waals surface area contributed by atoms with Gasteiger partial charge in [-0.2, -0.15) is 28.8 Å². The van der Waals surface area contributed by atoms with Gasteiger partial charge in [-0.1, -0.05) is 6.42 Å². The average Bonchev–Trinajstić information content (AvgIpc) is 2.39. The van der Waals surface area contributed by atoms with Gasteiger partial charge in [-0.15, -0.1) is 0 Å². The Morgan fingerprint density at radius 3 is 2.53 bits per heavy atom. The zero-order valence-electron chi connectivity index (χ0n) is 10.0. The quantitative estimate of drug-likeness (QED) is 0.795. The largest absolute Gasteiger partial charge is 0.329 e. The standard InChI is InChI=1S/C10H21N3O2S2/c11-9-10-3-1-2-4-13(10)17(14,15)12-5-7-16-8-6-12/h10H,1-9,11H2. The van der Waals surface area contributed by atoms with Gasteiger partial charge in [0.15, 0.2) is 0 Å². The molecular weight excluding hydrogens is 258 g/mol. The molecule has 1 unspecified atom stereocenters. The highest BCUT2D eigenvalue weighted by atomic mass is 32.2. The van der Waals surface area contributed by atoms with E-state index in [1.165, 1.54) is 0 Å². The first-order valence-electron chi connectivity index (χ1n) is 6.21. The molecule has 2 heterocycles. The van der Waals surface area contributed by atoms with E-state index >= 15 is 0 Å². The van der Waals surface area contributed by atoms with Gasteiger partial charge in [0.25, 0.3) is 10.2 Å². The van der Waals surface area contributed by atoms with Crippen LogP contribution in [0.3, 0.4) is 0 Å². The number of nitrogens with zero attached hydrogens (tertiary/aromatic N) is 2. The Labute approximate surface area is 108 Å². The van der Waals surface area contributed by atoms with Crippen molar-refractivity contribution in [2.75, 3.05) is 37.7 Å². The molecule has 2 aliphatic rings. The molecular formula is C10H21N3O2S2. The summed E-state index contributed by atoms with van der Waals surface area (Å²) in [6.07, 6.45) is 2.94. The molecule has 0 radical (unpaired) electrons. The molecule has 0 aromatic carbocycles. The number of hydrogen-bond donors (Lipinski definition) is 1. The van der Waals surface area contributed by atoms with Crippen molar-refractivity contribution in [1.29, 1.82) is 0 Å². The maximum atomic E-state index is 12.5. The van der Waals surface area contributed by atoms with Crippen molar-refractivity contribution >= 4 is 22.0 Å². The van der Waals surface area contributed by atoms with E-state index in [0.717, 1.165) is 30.8 Å². The van der Waals surface area contributed by atoms with E-state index in [2.05, 4.69) is 0 Å². The summed E-state index contributed by atoms with van der Waals surface area (Å²) in [5.74, 6) is 1.81. The number of nitrogens with two attached hydrogens (primary N) is 1. The Hall–Kier alpha value is 0.180. The summed E-state index contributed by atoms with van der Waals surface area (Å²) in [7, 11) is -3.27. The first-order chi connectivity index (χ1) is 8.16. The summed E-state index contributed by atoms with van der Waals surface area (Å²) in [6, 6.07) is 0.00308. The summed E-state index contributed by atoms with van der Waals surface area (Å²) in [5, 5.41) is 0. The topological polar surface area (TPSA) is 66.6 Å². The smallest absolute Gasteiger partial charge is 0.282 e. The maximum absolute atomic E-state index is 12.5. The molecule has 0 aliphatic carbocycles. The Bertz CT molecular complexity index is 341. The Kier molecular flexibility index (Phi) is 4.71. The highest BCUT2D eigenvalue weighted by Crippen LogP contribution is 2.23. The third-order valence-electron chi connectivity index (χ3n) is 3.44. The summed E-state index contributed by atoms with van der Waals surface area (Å²) in [5.41, 5.74) is 5.69. The first kappa shape index (κ1) is 13.6. The summed E-state index contributed by atoms with van der Waals surface area (Å²) < 4.78 is 28.2. The van der Waals surface area contributed by atoms with Gasteiger partial charge in [-0.3, -0.25) is 0 Å². The molecule has 0 aromatic rings. The predicted octanol–water partition coefficient (Wildman–Crippen LogP) is 0.0932. The van der Waals surface area contributed by atoms with Crippen molar-refractivity contribution in [1.82, 2.24) is 8.61 Å². The molecule has 0 amide bonds. The van der Waals surface area contributed by atoms with E-state index in [0.29, 0.717) is 26.2 Å². The minimum absolute atomic E-state index is 0.00308. The molecule has 100 valence electrons. The van der Waals surface area contributed by atoms with Crippen molar-refractivity contribution < 1.29 is 8.42 Å². The average molecular weight is 279 g/mol. The van der Waals surface area contributed by atoms with Crippen molar-refractivity contribution in [3.05, 3.63) is 0 Å². The van der Waals surface area contributed by atoms with Crippen LogP contribution in [0.25, 0.3) is 0 Å². The van der Waals surface area contributed by atoms with Crippen LogP contribution in [-0.4, -0.2) is 60.8 Å². The normalized spacial score (nSPS) is 29.4. The van der Waals surface area contributed by atoms with Crippen molar-refractivity contribution in [2.24, 2.45) is 5.73 Å². The van der Waals surface area contributed by atoms with Gasteiger partial charge >= 0.3 is 0 Å². The molecule has 2 rings (SSSR count). The van der Waals surface area contributed by atoms with E-state index in [1.807, 2.05) is 11.8 Å². The van der Waals surface area contributed by atoms with Crippen molar-refractivity contribution in [3.63, 3.8) is 0 Å². The third kappa shape index (κ3) is 2.96. The molecule has 2 fully saturated rings. The molecule has 17 heavy (non-hydrogen) atoms. The Balaban J connectivity index is 2.11. The predicted molar refractivity (Wildman–Crippen MR) is 71.2 cm³/mol.